The Morgan fingerprint density at radius 2 is 2.18 bits per heavy atom. The van der Waals surface area contributed by atoms with Crippen molar-refractivity contribution in [3.8, 4) is 0 Å². The molecule has 1 N–H and O–H groups in total. The first-order valence-corrected chi connectivity index (χ1v) is 5.49. The van der Waals surface area contributed by atoms with Crippen molar-refractivity contribution in [3.63, 3.8) is 0 Å². The van der Waals surface area contributed by atoms with E-state index in [9.17, 15) is 9.70 Å². The van der Waals surface area contributed by atoms with Crippen LogP contribution in [0.15, 0.2) is 12.7 Å². The van der Waals surface area contributed by atoms with Crippen LogP contribution in [0.4, 0.5) is 0 Å². The van der Waals surface area contributed by atoms with Crippen molar-refractivity contribution in [2.45, 2.75) is 26.4 Å². The Bertz CT molecular complexity index is 266. The summed E-state index contributed by atoms with van der Waals surface area (Å²) >= 11 is 0. The molecule has 0 radical (unpaired) electrons. The van der Waals surface area contributed by atoms with Gasteiger partial charge in [-0.3, -0.25) is 10.1 Å². The van der Waals surface area contributed by atoms with E-state index in [0.29, 0.717) is 18.0 Å². The minimum Gasteiger partial charge on any atom is -0.368 e. The molecule has 98 valence electrons. The summed E-state index contributed by atoms with van der Waals surface area (Å²) in [7, 11) is 1.26. The van der Waals surface area contributed by atoms with Gasteiger partial charge in [0.2, 0.25) is 4.92 Å². The predicted molar refractivity (Wildman–Crippen MR) is 63.0 cm³/mol. The molecule has 1 atom stereocenters. The Morgan fingerprint density at radius 1 is 1.53 bits per heavy atom. The predicted octanol–water partition coefficient (Wildman–Crippen LogP) is 1.02. The molecule has 0 unspecified atom stereocenters. The maximum Gasteiger partial charge on any atom is 0.331 e. The average Bonchev–Trinajstić information content (AvgIpc) is 2.27. The van der Waals surface area contributed by atoms with Gasteiger partial charge in [0.15, 0.2) is 7.11 Å². The highest BCUT2D eigenvalue weighted by molar-refractivity contribution is 5.77. The number of hydrogen-bond acceptors (Lipinski definition) is 4. The second kappa shape index (κ2) is 8.69. The molecule has 0 fully saturated rings. The van der Waals surface area contributed by atoms with Gasteiger partial charge >= 0.3 is 6.17 Å². The first-order chi connectivity index (χ1) is 8.01. The van der Waals surface area contributed by atoms with Crippen molar-refractivity contribution < 1.29 is 19.3 Å². The van der Waals surface area contributed by atoms with Crippen molar-refractivity contribution in [3.05, 3.63) is 17.6 Å². The smallest absolute Gasteiger partial charge is 0.331 e. The monoisotopic (exact) mass is 245 g/mol. The number of amides is 1. The lowest BCUT2D eigenvalue weighted by atomic mass is 10.1. The molecule has 0 saturated heterocycles. The van der Waals surface area contributed by atoms with Gasteiger partial charge < -0.3 is 4.74 Å². The summed E-state index contributed by atoms with van der Waals surface area (Å²) in [6.45, 7) is 7.58. The number of ether oxygens (including phenoxy) is 1. The highest BCUT2D eigenvalue weighted by atomic mass is 16.8. The zero-order chi connectivity index (χ0) is 13.3. The molecule has 0 spiro atoms. The van der Waals surface area contributed by atoms with Crippen LogP contribution in [-0.2, 0) is 14.4 Å². The third-order valence-electron chi connectivity index (χ3n) is 1.93. The van der Waals surface area contributed by atoms with Gasteiger partial charge in [-0.15, -0.1) is 6.58 Å². The molecule has 0 aliphatic carbocycles. The fourth-order valence-corrected chi connectivity index (χ4v) is 1.23. The van der Waals surface area contributed by atoms with Crippen LogP contribution >= 0.6 is 0 Å². The van der Waals surface area contributed by atoms with E-state index in [1.807, 2.05) is 13.8 Å². The van der Waals surface area contributed by atoms with Crippen LogP contribution in [0.5, 0.6) is 0 Å². The standard InChI is InChI=1S/C11H20N2O4/c1-5-6-17-8-11(14)12-10(7-9(2)3)13(15)16-4/h5,9-10H,1,6-8H2,2-4H3/p+1/t10-/m1/s1. The number of nitrogens with zero attached hydrogens (tertiary/aromatic N) is 1. The normalized spacial score (nSPS) is 12.0. The number of hydrogen-bond donors (Lipinski definition) is 1. The molecule has 0 bridgehead atoms. The van der Waals surface area contributed by atoms with Crippen molar-refractivity contribution in [2.24, 2.45) is 5.92 Å². The highest BCUT2D eigenvalue weighted by Crippen LogP contribution is 2.05. The maximum atomic E-state index is 11.4. The average molecular weight is 245 g/mol. The van der Waals surface area contributed by atoms with E-state index in [-0.39, 0.29) is 18.4 Å². The molecule has 0 saturated carbocycles. The van der Waals surface area contributed by atoms with Gasteiger partial charge in [-0.05, 0) is 5.92 Å². The molecule has 0 aromatic rings. The molecule has 1 amide bonds. The number of nitrogens with one attached hydrogen (secondary N) is 1. The second-order valence-corrected chi connectivity index (χ2v) is 3.98. The molecule has 6 heteroatoms. The van der Waals surface area contributed by atoms with E-state index in [1.54, 1.807) is 6.08 Å². The van der Waals surface area contributed by atoms with Gasteiger partial charge in [-0.25, -0.2) is 4.84 Å². The lowest BCUT2D eigenvalue weighted by Gasteiger charge is -2.11. The zero-order valence-corrected chi connectivity index (χ0v) is 10.6. The van der Waals surface area contributed by atoms with Gasteiger partial charge in [0.05, 0.1) is 11.5 Å². The molecule has 17 heavy (non-hydrogen) atoms. The molecule has 0 heterocycles. The topological polar surface area (TPSA) is 67.6 Å². The summed E-state index contributed by atoms with van der Waals surface area (Å²) in [5, 5.41) is 2.55. The SMILES string of the molecule is C=CCOCC(=O)N[C@@H](CC(C)C)[N+](=O)OC. The highest BCUT2D eigenvalue weighted by Gasteiger charge is 2.29. The van der Waals surface area contributed by atoms with E-state index in [2.05, 4.69) is 16.7 Å². The zero-order valence-electron chi connectivity index (χ0n) is 10.6. The van der Waals surface area contributed by atoms with E-state index < -0.39 is 6.17 Å². The van der Waals surface area contributed by atoms with Gasteiger partial charge in [-0.1, -0.05) is 19.9 Å². The Labute approximate surface area is 101 Å². The maximum absolute atomic E-state index is 11.4. The van der Waals surface area contributed by atoms with Crippen LogP contribution in [-0.4, -0.2) is 37.3 Å². The second-order valence-electron chi connectivity index (χ2n) is 3.98. The summed E-state index contributed by atoms with van der Waals surface area (Å²) in [5.41, 5.74) is 0. The first kappa shape index (κ1) is 15.6. The van der Waals surface area contributed by atoms with Crippen molar-refractivity contribution in [1.82, 2.24) is 5.32 Å². The fourth-order valence-electron chi connectivity index (χ4n) is 1.23. The summed E-state index contributed by atoms with van der Waals surface area (Å²) in [6.07, 6.45) is 1.36. The molecule has 0 aromatic carbocycles. The van der Waals surface area contributed by atoms with Crippen molar-refractivity contribution >= 4 is 5.91 Å². The van der Waals surface area contributed by atoms with Gasteiger partial charge in [-0.2, -0.15) is 0 Å². The lowest BCUT2D eigenvalue weighted by Crippen LogP contribution is -2.44. The molecular formula is C11H21N2O4+. The third kappa shape index (κ3) is 7.46. The summed E-state index contributed by atoms with van der Waals surface area (Å²) in [6, 6.07) is 0. The van der Waals surface area contributed by atoms with E-state index >= 15 is 0 Å². The van der Waals surface area contributed by atoms with Gasteiger partial charge in [0.1, 0.15) is 6.61 Å². The Hall–Kier alpha value is -1.43. The van der Waals surface area contributed by atoms with Crippen LogP contribution in [0, 0.1) is 10.8 Å². The molecule has 0 rings (SSSR count). The molecule has 0 aromatic heterocycles. The van der Waals surface area contributed by atoms with E-state index in [0.717, 1.165) is 0 Å². The van der Waals surface area contributed by atoms with Crippen LogP contribution in [0.1, 0.15) is 20.3 Å². The van der Waals surface area contributed by atoms with E-state index in [1.165, 1.54) is 7.11 Å². The quantitative estimate of drug-likeness (QED) is 0.285. The van der Waals surface area contributed by atoms with Crippen molar-refractivity contribution in [2.75, 3.05) is 20.3 Å². The van der Waals surface area contributed by atoms with Gasteiger partial charge in [0, 0.05) is 6.42 Å². The number of carbonyl (C=O) groups excluding carboxylic acids is 1. The van der Waals surface area contributed by atoms with Crippen LogP contribution in [0.25, 0.3) is 0 Å². The Balaban J connectivity index is 4.17. The number of rotatable bonds is 9. The minimum absolute atomic E-state index is 0.0990. The largest absolute Gasteiger partial charge is 0.368 e. The molecular weight excluding hydrogens is 224 g/mol. The first-order valence-electron chi connectivity index (χ1n) is 5.49. The summed E-state index contributed by atoms with van der Waals surface area (Å²) < 4.78 is 4.97. The van der Waals surface area contributed by atoms with E-state index in [4.69, 9.17) is 4.74 Å². The summed E-state index contributed by atoms with van der Waals surface area (Å²) in [4.78, 5) is 27.7. The van der Waals surface area contributed by atoms with Crippen molar-refractivity contribution in [1.29, 1.82) is 0 Å². The molecule has 0 aliphatic heterocycles. The van der Waals surface area contributed by atoms with Crippen LogP contribution < -0.4 is 5.32 Å². The molecule has 6 nitrogen and oxygen atoms in total. The Morgan fingerprint density at radius 3 is 2.65 bits per heavy atom. The fraction of sp³-hybridized carbons (Fsp3) is 0.727. The van der Waals surface area contributed by atoms with Gasteiger partial charge in [0.25, 0.3) is 5.91 Å². The third-order valence-corrected chi connectivity index (χ3v) is 1.93. The van der Waals surface area contributed by atoms with Crippen LogP contribution in [0.2, 0.25) is 0 Å². The molecule has 0 aliphatic rings. The minimum atomic E-state index is -0.695. The lowest BCUT2D eigenvalue weighted by molar-refractivity contribution is -0.822. The Kier molecular flexibility index (Phi) is 7.96. The number of carbonyl (C=O) groups is 1. The van der Waals surface area contributed by atoms with Crippen LogP contribution in [0.3, 0.4) is 0 Å². The summed E-state index contributed by atoms with van der Waals surface area (Å²) in [5.74, 6) is -0.0867.